The van der Waals surface area contributed by atoms with Crippen molar-refractivity contribution in [1.82, 2.24) is 15.4 Å². The normalized spacial score (nSPS) is 13.1. The molecular formula is C23H23N3O3. The topological polar surface area (TPSA) is 75.4 Å². The van der Waals surface area contributed by atoms with Crippen LogP contribution < -0.4 is 5.32 Å². The van der Waals surface area contributed by atoms with E-state index in [0.29, 0.717) is 12.3 Å². The number of aromatic nitrogens is 1. The molecule has 1 N–H and O–H groups in total. The van der Waals surface area contributed by atoms with Crippen LogP contribution in [-0.2, 0) is 11.3 Å². The van der Waals surface area contributed by atoms with E-state index in [1.165, 1.54) is 5.56 Å². The third-order valence-corrected chi connectivity index (χ3v) is 4.94. The van der Waals surface area contributed by atoms with Gasteiger partial charge in [-0.25, -0.2) is 0 Å². The molecule has 1 fully saturated rings. The van der Waals surface area contributed by atoms with E-state index in [2.05, 4.69) is 16.5 Å². The number of hydrogen-bond acceptors (Lipinski definition) is 4. The lowest BCUT2D eigenvalue weighted by atomic mass is 10.1. The molecule has 0 aliphatic heterocycles. The number of benzene rings is 2. The molecule has 4 rings (SSSR count). The third-order valence-electron chi connectivity index (χ3n) is 4.94. The van der Waals surface area contributed by atoms with Crippen LogP contribution in [0.15, 0.2) is 65.2 Å². The second kappa shape index (κ2) is 8.31. The number of nitrogens with zero attached hydrogens (tertiary/aromatic N) is 2. The van der Waals surface area contributed by atoms with Gasteiger partial charge in [0.1, 0.15) is 0 Å². The van der Waals surface area contributed by atoms with Gasteiger partial charge in [-0.15, -0.1) is 0 Å². The van der Waals surface area contributed by atoms with Crippen molar-refractivity contribution in [2.24, 2.45) is 0 Å². The number of hydrogen-bond donors (Lipinski definition) is 1. The Bertz CT molecular complexity index is 1010. The van der Waals surface area contributed by atoms with E-state index >= 15 is 0 Å². The molecule has 29 heavy (non-hydrogen) atoms. The Morgan fingerprint density at radius 2 is 1.90 bits per heavy atom. The molecule has 1 heterocycles. The van der Waals surface area contributed by atoms with Gasteiger partial charge in [0.25, 0.3) is 5.91 Å². The molecule has 1 aromatic heterocycles. The summed E-state index contributed by atoms with van der Waals surface area (Å²) in [4.78, 5) is 27.0. The van der Waals surface area contributed by atoms with Gasteiger partial charge in [0.15, 0.2) is 11.5 Å². The van der Waals surface area contributed by atoms with Crippen LogP contribution in [0, 0.1) is 6.92 Å². The van der Waals surface area contributed by atoms with E-state index in [-0.39, 0.29) is 24.2 Å². The number of carbonyl (C=O) groups excluding carboxylic acids is 2. The first kappa shape index (κ1) is 18.9. The van der Waals surface area contributed by atoms with Gasteiger partial charge in [-0.2, -0.15) is 0 Å². The number of amides is 2. The van der Waals surface area contributed by atoms with E-state index in [0.717, 1.165) is 24.0 Å². The fourth-order valence-electron chi connectivity index (χ4n) is 3.28. The number of rotatable bonds is 7. The Morgan fingerprint density at radius 3 is 2.62 bits per heavy atom. The summed E-state index contributed by atoms with van der Waals surface area (Å²) < 4.78 is 5.26. The fraction of sp³-hybridized carbons (Fsp3) is 0.261. The van der Waals surface area contributed by atoms with Gasteiger partial charge in [0.05, 0.1) is 6.54 Å². The fourth-order valence-corrected chi connectivity index (χ4v) is 3.28. The monoisotopic (exact) mass is 389 g/mol. The zero-order valence-corrected chi connectivity index (χ0v) is 16.3. The largest absolute Gasteiger partial charge is 0.355 e. The maximum atomic E-state index is 12.7. The molecule has 2 amide bonds. The average molecular weight is 389 g/mol. The Morgan fingerprint density at radius 1 is 1.10 bits per heavy atom. The number of aryl methyl sites for hydroxylation is 1. The minimum atomic E-state index is -0.421. The van der Waals surface area contributed by atoms with Gasteiger partial charge in [-0.3, -0.25) is 9.59 Å². The van der Waals surface area contributed by atoms with Crippen LogP contribution in [0.4, 0.5) is 0 Å². The van der Waals surface area contributed by atoms with Crippen molar-refractivity contribution in [1.29, 1.82) is 0 Å². The second-order valence-electron chi connectivity index (χ2n) is 7.37. The lowest BCUT2D eigenvalue weighted by Crippen LogP contribution is -2.41. The summed E-state index contributed by atoms with van der Waals surface area (Å²) in [7, 11) is 0. The highest BCUT2D eigenvalue weighted by Gasteiger charge is 2.32. The van der Waals surface area contributed by atoms with Crippen LogP contribution in [-0.4, -0.2) is 34.5 Å². The first-order valence-electron chi connectivity index (χ1n) is 9.75. The Hall–Kier alpha value is -3.41. The zero-order chi connectivity index (χ0) is 20.2. The smallest absolute Gasteiger partial charge is 0.273 e. The van der Waals surface area contributed by atoms with E-state index < -0.39 is 5.91 Å². The molecule has 0 atom stereocenters. The Balaban J connectivity index is 1.36. The van der Waals surface area contributed by atoms with Crippen LogP contribution in [0.5, 0.6) is 0 Å². The van der Waals surface area contributed by atoms with Crippen LogP contribution >= 0.6 is 0 Å². The minimum absolute atomic E-state index is 0.0608. The molecule has 0 unspecified atom stereocenters. The summed E-state index contributed by atoms with van der Waals surface area (Å²) in [6, 6.07) is 19.4. The third kappa shape index (κ3) is 4.71. The van der Waals surface area contributed by atoms with Crippen LogP contribution in [0.1, 0.15) is 34.5 Å². The molecule has 2 aromatic carbocycles. The summed E-state index contributed by atoms with van der Waals surface area (Å²) in [5.41, 5.74) is 3.27. The molecule has 1 aliphatic rings. The second-order valence-corrected chi connectivity index (χ2v) is 7.37. The zero-order valence-electron chi connectivity index (χ0n) is 16.3. The molecule has 0 bridgehead atoms. The van der Waals surface area contributed by atoms with Crippen LogP contribution in [0.25, 0.3) is 11.3 Å². The molecular weight excluding hydrogens is 366 g/mol. The lowest BCUT2D eigenvalue weighted by molar-refractivity contribution is -0.131. The quantitative estimate of drug-likeness (QED) is 0.670. The summed E-state index contributed by atoms with van der Waals surface area (Å²) in [5, 5.41) is 6.50. The molecule has 1 saturated carbocycles. The maximum Gasteiger partial charge on any atom is 0.273 e. The molecule has 1 aliphatic carbocycles. The minimum Gasteiger partial charge on any atom is -0.355 e. The molecule has 3 aromatic rings. The van der Waals surface area contributed by atoms with Crippen LogP contribution in [0.3, 0.4) is 0 Å². The van der Waals surface area contributed by atoms with Crippen molar-refractivity contribution in [2.45, 2.75) is 32.4 Å². The molecule has 0 saturated heterocycles. The highest BCUT2D eigenvalue weighted by atomic mass is 16.5. The first-order chi connectivity index (χ1) is 14.1. The number of nitrogens with one attached hydrogen (secondary N) is 1. The van der Waals surface area contributed by atoms with Gasteiger partial charge in [0.2, 0.25) is 5.91 Å². The molecule has 0 spiro atoms. The van der Waals surface area contributed by atoms with Crippen molar-refractivity contribution in [3.05, 3.63) is 77.5 Å². The Labute approximate surface area is 169 Å². The van der Waals surface area contributed by atoms with Crippen molar-refractivity contribution in [3.8, 4) is 11.3 Å². The van der Waals surface area contributed by atoms with E-state index in [4.69, 9.17) is 4.52 Å². The SMILES string of the molecule is Cc1cccc(CN(C(=O)CNC(=O)c2cc(-c3ccccc3)on2)C2CC2)c1. The summed E-state index contributed by atoms with van der Waals surface area (Å²) in [6.07, 6.45) is 2.02. The predicted molar refractivity (Wildman–Crippen MR) is 109 cm³/mol. The predicted octanol–water partition coefficient (Wildman–Crippen LogP) is 3.57. The van der Waals surface area contributed by atoms with Crippen LogP contribution in [0.2, 0.25) is 0 Å². The highest BCUT2D eigenvalue weighted by molar-refractivity contribution is 5.95. The van der Waals surface area contributed by atoms with Gasteiger partial charge in [-0.1, -0.05) is 65.3 Å². The maximum absolute atomic E-state index is 12.7. The number of carbonyl (C=O) groups is 2. The van der Waals surface area contributed by atoms with Crippen molar-refractivity contribution in [2.75, 3.05) is 6.54 Å². The van der Waals surface area contributed by atoms with E-state index in [1.807, 2.05) is 60.4 Å². The average Bonchev–Trinajstić information content (AvgIpc) is 3.45. The molecule has 6 heteroatoms. The summed E-state index contributed by atoms with van der Waals surface area (Å²) in [5.74, 6) is 0.00542. The van der Waals surface area contributed by atoms with Gasteiger partial charge in [0, 0.05) is 24.2 Å². The van der Waals surface area contributed by atoms with Crippen molar-refractivity contribution in [3.63, 3.8) is 0 Å². The Kier molecular flexibility index (Phi) is 5.42. The van der Waals surface area contributed by atoms with E-state index in [9.17, 15) is 9.59 Å². The van der Waals surface area contributed by atoms with Gasteiger partial charge in [-0.05, 0) is 25.3 Å². The summed E-state index contributed by atoms with van der Waals surface area (Å²) in [6.45, 7) is 2.53. The van der Waals surface area contributed by atoms with Crippen molar-refractivity contribution >= 4 is 11.8 Å². The summed E-state index contributed by atoms with van der Waals surface area (Å²) >= 11 is 0. The molecule has 0 radical (unpaired) electrons. The highest BCUT2D eigenvalue weighted by Crippen LogP contribution is 2.28. The standard InChI is InChI=1S/C23H23N3O3/c1-16-6-5-7-17(12-16)15-26(19-10-11-19)22(27)14-24-23(28)20-13-21(29-25-20)18-8-3-2-4-9-18/h2-9,12-13,19H,10-11,14-15H2,1H3,(H,24,28). The lowest BCUT2D eigenvalue weighted by Gasteiger charge is -2.23. The molecule has 148 valence electrons. The van der Waals surface area contributed by atoms with Crippen molar-refractivity contribution < 1.29 is 14.1 Å². The van der Waals surface area contributed by atoms with Gasteiger partial charge >= 0.3 is 0 Å². The first-order valence-corrected chi connectivity index (χ1v) is 9.75. The van der Waals surface area contributed by atoms with Gasteiger partial charge < -0.3 is 14.7 Å². The van der Waals surface area contributed by atoms with E-state index in [1.54, 1.807) is 6.07 Å². The molecule has 6 nitrogen and oxygen atoms in total.